The highest BCUT2D eigenvalue weighted by atomic mass is 15.1. The van der Waals surface area contributed by atoms with Crippen molar-refractivity contribution in [3.63, 3.8) is 0 Å². The van der Waals surface area contributed by atoms with Crippen LogP contribution in [0, 0.1) is 5.41 Å². The normalized spacial score (nSPS) is 14.6. The predicted octanol–water partition coefficient (Wildman–Crippen LogP) is 4.32. The van der Waals surface area contributed by atoms with E-state index in [2.05, 4.69) is 46.4 Å². The van der Waals surface area contributed by atoms with Gasteiger partial charge in [0.15, 0.2) is 0 Å². The molecule has 0 aliphatic heterocycles. The Morgan fingerprint density at radius 1 is 1.00 bits per heavy atom. The zero-order valence-electron chi connectivity index (χ0n) is 11.8. The van der Waals surface area contributed by atoms with Crippen molar-refractivity contribution in [1.29, 1.82) is 0 Å². The second kappa shape index (κ2) is 7.27. The van der Waals surface area contributed by atoms with Crippen molar-refractivity contribution in [3.8, 4) is 0 Å². The van der Waals surface area contributed by atoms with Crippen molar-refractivity contribution in [2.75, 3.05) is 13.1 Å². The minimum absolute atomic E-state index is 0.512. The van der Waals surface area contributed by atoms with E-state index in [1.165, 1.54) is 38.8 Å². The predicted molar refractivity (Wildman–Crippen MR) is 70.3 cm³/mol. The first-order valence-electron chi connectivity index (χ1n) is 6.74. The van der Waals surface area contributed by atoms with Crippen LogP contribution in [0.3, 0.4) is 0 Å². The molecule has 0 heterocycles. The zero-order valence-corrected chi connectivity index (χ0v) is 11.8. The van der Waals surface area contributed by atoms with Gasteiger partial charge in [0.1, 0.15) is 0 Å². The van der Waals surface area contributed by atoms with Crippen molar-refractivity contribution >= 4 is 0 Å². The van der Waals surface area contributed by atoms with E-state index in [0.717, 1.165) is 6.04 Å². The lowest BCUT2D eigenvalue weighted by atomic mass is 9.80. The molecule has 0 saturated carbocycles. The van der Waals surface area contributed by atoms with Crippen LogP contribution in [-0.2, 0) is 0 Å². The van der Waals surface area contributed by atoms with Gasteiger partial charge in [-0.15, -0.1) is 0 Å². The minimum atomic E-state index is 0.512. The van der Waals surface area contributed by atoms with Crippen LogP contribution < -0.4 is 0 Å². The maximum absolute atomic E-state index is 2.61. The van der Waals surface area contributed by atoms with Gasteiger partial charge in [-0.05, 0) is 37.8 Å². The standard InChI is InChI=1S/C14H31N/c1-7-11-14(5,6)12-13(8-2)15(9-3)10-4/h13H,7-12H2,1-6H3. The fraction of sp³-hybridized carbons (Fsp3) is 1.00. The van der Waals surface area contributed by atoms with Gasteiger partial charge in [0.2, 0.25) is 0 Å². The summed E-state index contributed by atoms with van der Waals surface area (Å²) in [7, 11) is 0. The van der Waals surface area contributed by atoms with Crippen molar-refractivity contribution in [2.24, 2.45) is 5.41 Å². The van der Waals surface area contributed by atoms with Gasteiger partial charge < -0.3 is 4.90 Å². The molecule has 1 nitrogen and oxygen atoms in total. The molecule has 1 unspecified atom stereocenters. The summed E-state index contributed by atoms with van der Waals surface area (Å²) in [6.07, 6.45) is 5.29. The number of nitrogens with zero attached hydrogens (tertiary/aromatic N) is 1. The number of rotatable bonds is 8. The molecule has 92 valence electrons. The van der Waals surface area contributed by atoms with Crippen LogP contribution in [-0.4, -0.2) is 24.0 Å². The van der Waals surface area contributed by atoms with Gasteiger partial charge in [0.25, 0.3) is 0 Å². The van der Waals surface area contributed by atoms with E-state index in [9.17, 15) is 0 Å². The fourth-order valence-electron chi connectivity index (χ4n) is 2.69. The summed E-state index contributed by atoms with van der Waals surface area (Å²) in [6, 6.07) is 0.779. The Labute approximate surface area is 97.2 Å². The highest BCUT2D eigenvalue weighted by molar-refractivity contribution is 4.78. The molecule has 0 fully saturated rings. The lowest BCUT2D eigenvalue weighted by molar-refractivity contribution is 0.143. The van der Waals surface area contributed by atoms with E-state index in [1.54, 1.807) is 0 Å². The SMILES string of the molecule is CCCC(C)(C)CC(CC)N(CC)CC. The van der Waals surface area contributed by atoms with Gasteiger partial charge >= 0.3 is 0 Å². The van der Waals surface area contributed by atoms with Gasteiger partial charge in [0.05, 0.1) is 0 Å². The molecule has 0 saturated heterocycles. The van der Waals surface area contributed by atoms with Gasteiger partial charge in [-0.25, -0.2) is 0 Å². The van der Waals surface area contributed by atoms with Crippen LogP contribution in [0.15, 0.2) is 0 Å². The molecule has 0 radical (unpaired) electrons. The van der Waals surface area contributed by atoms with Crippen molar-refractivity contribution in [1.82, 2.24) is 4.90 Å². The minimum Gasteiger partial charge on any atom is -0.301 e. The summed E-state index contributed by atoms with van der Waals surface area (Å²) in [6.45, 7) is 16.4. The highest BCUT2D eigenvalue weighted by Gasteiger charge is 2.24. The Bertz CT molecular complexity index is 147. The smallest absolute Gasteiger partial charge is 0.00974 e. The Morgan fingerprint density at radius 2 is 1.53 bits per heavy atom. The molecule has 1 atom stereocenters. The van der Waals surface area contributed by atoms with Crippen LogP contribution in [0.25, 0.3) is 0 Å². The molecule has 0 N–H and O–H groups in total. The Morgan fingerprint density at radius 3 is 1.87 bits per heavy atom. The van der Waals surface area contributed by atoms with E-state index in [4.69, 9.17) is 0 Å². The number of hydrogen-bond acceptors (Lipinski definition) is 1. The molecular formula is C14H31N. The maximum atomic E-state index is 2.61. The third-order valence-corrected chi connectivity index (χ3v) is 3.51. The highest BCUT2D eigenvalue weighted by Crippen LogP contribution is 2.30. The maximum Gasteiger partial charge on any atom is 0.00974 e. The van der Waals surface area contributed by atoms with E-state index in [-0.39, 0.29) is 0 Å². The summed E-state index contributed by atoms with van der Waals surface area (Å²) < 4.78 is 0. The average Bonchev–Trinajstić information content (AvgIpc) is 2.17. The molecule has 0 spiro atoms. The van der Waals surface area contributed by atoms with Crippen LogP contribution in [0.1, 0.15) is 67.2 Å². The third kappa shape index (κ3) is 5.55. The van der Waals surface area contributed by atoms with Crippen molar-refractivity contribution < 1.29 is 0 Å². The van der Waals surface area contributed by atoms with Gasteiger partial charge in [-0.1, -0.05) is 48.0 Å². The monoisotopic (exact) mass is 213 g/mol. The molecule has 15 heavy (non-hydrogen) atoms. The van der Waals surface area contributed by atoms with Gasteiger partial charge in [-0.2, -0.15) is 0 Å². The first-order valence-corrected chi connectivity index (χ1v) is 6.74. The summed E-state index contributed by atoms with van der Waals surface area (Å²) in [4.78, 5) is 2.61. The van der Waals surface area contributed by atoms with Gasteiger partial charge in [0, 0.05) is 6.04 Å². The molecule has 0 aromatic heterocycles. The quantitative estimate of drug-likeness (QED) is 0.580. The Hall–Kier alpha value is -0.0400. The van der Waals surface area contributed by atoms with E-state index >= 15 is 0 Å². The van der Waals surface area contributed by atoms with Crippen LogP contribution >= 0.6 is 0 Å². The number of hydrogen-bond donors (Lipinski definition) is 0. The van der Waals surface area contributed by atoms with Crippen LogP contribution in [0.4, 0.5) is 0 Å². The first-order chi connectivity index (χ1) is 7.00. The molecule has 0 rings (SSSR count). The van der Waals surface area contributed by atoms with Crippen LogP contribution in [0.2, 0.25) is 0 Å². The Kier molecular flexibility index (Phi) is 7.25. The van der Waals surface area contributed by atoms with Crippen molar-refractivity contribution in [3.05, 3.63) is 0 Å². The molecule has 0 amide bonds. The summed E-state index contributed by atoms with van der Waals surface area (Å²) in [5.74, 6) is 0. The lowest BCUT2D eigenvalue weighted by Gasteiger charge is -2.35. The topological polar surface area (TPSA) is 3.24 Å². The first kappa shape index (κ1) is 15.0. The van der Waals surface area contributed by atoms with E-state index in [0.29, 0.717) is 5.41 Å². The van der Waals surface area contributed by atoms with Crippen LogP contribution in [0.5, 0.6) is 0 Å². The molecule has 0 aliphatic carbocycles. The second-order valence-electron chi connectivity index (χ2n) is 5.40. The van der Waals surface area contributed by atoms with Crippen molar-refractivity contribution in [2.45, 2.75) is 73.3 Å². The average molecular weight is 213 g/mol. The molecule has 0 bridgehead atoms. The zero-order chi connectivity index (χ0) is 11.9. The fourth-order valence-corrected chi connectivity index (χ4v) is 2.69. The summed E-state index contributed by atoms with van der Waals surface area (Å²) >= 11 is 0. The van der Waals surface area contributed by atoms with E-state index in [1.807, 2.05) is 0 Å². The van der Waals surface area contributed by atoms with Gasteiger partial charge in [-0.3, -0.25) is 0 Å². The summed E-state index contributed by atoms with van der Waals surface area (Å²) in [5.41, 5.74) is 0.512. The molecule has 1 heteroatoms. The molecular weight excluding hydrogens is 182 g/mol. The summed E-state index contributed by atoms with van der Waals surface area (Å²) in [5, 5.41) is 0. The molecule has 0 aliphatic rings. The second-order valence-corrected chi connectivity index (χ2v) is 5.40. The van der Waals surface area contributed by atoms with E-state index < -0.39 is 0 Å². The Balaban J connectivity index is 4.29. The molecule has 0 aromatic carbocycles. The molecule has 0 aromatic rings. The lowest BCUT2D eigenvalue weighted by Crippen LogP contribution is -2.37. The third-order valence-electron chi connectivity index (χ3n) is 3.51. The largest absolute Gasteiger partial charge is 0.301 e.